The maximum absolute atomic E-state index is 15.1. The van der Waals surface area contributed by atoms with E-state index in [4.69, 9.17) is 5.73 Å². The Labute approximate surface area is 192 Å². The van der Waals surface area contributed by atoms with E-state index in [2.05, 4.69) is 19.3 Å². The van der Waals surface area contributed by atoms with Gasteiger partial charge in [0.15, 0.2) is 5.78 Å². The molecule has 2 aliphatic heterocycles. The van der Waals surface area contributed by atoms with Crippen LogP contribution in [0.15, 0.2) is 33.8 Å². The van der Waals surface area contributed by atoms with Gasteiger partial charge in [-0.25, -0.2) is 22.3 Å². The molecule has 0 bridgehead atoms. The Balaban J connectivity index is 1.78. The third-order valence-electron chi connectivity index (χ3n) is 6.65. The first-order valence-electron chi connectivity index (χ1n) is 10.8. The molecule has 2 aliphatic rings. The van der Waals surface area contributed by atoms with E-state index in [1.807, 2.05) is 0 Å². The van der Waals surface area contributed by atoms with Crippen LogP contribution in [0, 0.1) is 18.6 Å². The second-order valence-electron chi connectivity index (χ2n) is 9.26. The van der Waals surface area contributed by atoms with Gasteiger partial charge in [-0.3, -0.25) is 14.8 Å². The molecule has 33 heavy (non-hydrogen) atoms. The Morgan fingerprint density at radius 1 is 1.27 bits per heavy atom. The average Bonchev–Trinajstić information content (AvgIpc) is 2.74. The van der Waals surface area contributed by atoms with Gasteiger partial charge in [-0.2, -0.15) is 0 Å². The topological polar surface area (TPSA) is 111 Å². The predicted octanol–water partition coefficient (Wildman–Crippen LogP) is 3.48. The Morgan fingerprint density at radius 3 is 2.70 bits per heavy atom. The molecule has 0 aromatic carbocycles. The molecule has 3 atom stereocenters. The number of rotatable bonds is 4. The summed E-state index contributed by atoms with van der Waals surface area (Å²) in [6, 6.07) is 3.88. The highest BCUT2D eigenvalue weighted by atomic mass is 32.2. The van der Waals surface area contributed by atoms with Gasteiger partial charge >= 0.3 is 0 Å². The van der Waals surface area contributed by atoms with Gasteiger partial charge in [0.05, 0.1) is 27.6 Å². The number of nitrogens with zero attached hydrogens (tertiary/aromatic N) is 4. The number of fused-ring (bicyclic) bond motifs is 1. The fourth-order valence-corrected chi connectivity index (χ4v) is 7.90. The quantitative estimate of drug-likeness (QED) is 0.681. The number of halogens is 2. The molecule has 0 unspecified atom stereocenters. The van der Waals surface area contributed by atoms with E-state index in [0.29, 0.717) is 30.6 Å². The van der Waals surface area contributed by atoms with E-state index in [1.165, 1.54) is 18.2 Å². The third kappa shape index (κ3) is 3.64. The van der Waals surface area contributed by atoms with Crippen LogP contribution in [0.5, 0.6) is 0 Å². The lowest BCUT2D eigenvalue weighted by Gasteiger charge is -2.47. The van der Waals surface area contributed by atoms with Crippen LogP contribution in [0.1, 0.15) is 61.1 Å². The van der Waals surface area contributed by atoms with E-state index in [0.717, 1.165) is 6.20 Å². The highest BCUT2D eigenvalue weighted by Crippen LogP contribution is 2.46. The summed E-state index contributed by atoms with van der Waals surface area (Å²) < 4.78 is 46.1. The highest BCUT2D eigenvalue weighted by Gasteiger charge is 2.56. The van der Waals surface area contributed by atoms with Crippen molar-refractivity contribution in [3.05, 3.63) is 58.7 Å². The zero-order chi connectivity index (χ0) is 24.2. The number of pyridine rings is 2. The molecule has 0 amide bonds. The number of carbonyl (C=O) groups is 1. The summed E-state index contributed by atoms with van der Waals surface area (Å²) in [7, 11) is -2.87. The number of hydrogen-bond donors (Lipinski definition) is 1. The molecule has 0 spiro atoms. The number of amidine groups is 1. The Bertz CT molecular complexity index is 1300. The SMILES string of the molecule is Cc1cc(F)cnc1C(=O)Cc1ccc(F)c([C@@]2(C)N=C(N)C(C)(C)[S@@]3(=O)=NCCC[C@H]23)n1. The molecule has 4 heterocycles. The lowest BCUT2D eigenvalue weighted by atomic mass is 9.88. The molecule has 7 nitrogen and oxygen atoms in total. The van der Waals surface area contributed by atoms with Gasteiger partial charge < -0.3 is 5.73 Å². The number of hydrogen-bond acceptors (Lipinski definition) is 7. The van der Waals surface area contributed by atoms with Crippen LogP contribution in [0.2, 0.25) is 0 Å². The fraction of sp³-hybridized carbons (Fsp3) is 0.478. The fourth-order valence-electron chi connectivity index (χ4n) is 4.66. The van der Waals surface area contributed by atoms with Crippen molar-refractivity contribution < 1.29 is 17.8 Å². The first-order chi connectivity index (χ1) is 15.4. The molecule has 0 fully saturated rings. The van der Waals surface area contributed by atoms with Crippen molar-refractivity contribution in [3.63, 3.8) is 0 Å². The van der Waals surface area contributed by atoms with E-state index in [9.17, 15) is 13.4 Å². The van der Waals surface area contributed by atoms with Crippen LogP contribution in [0.25, 0.3) is 0 Å². The van der Waals surface area contributed by atoms with E-state index >= 15 is 4.39 Å². The maximum Gasteiger partial charge on any atom is 0.187 e. The number of nitrogens with two attached hydrogens (primary N) is 1. The van der Waals surface area contributed by atoms with Gasteiger partial charge in [-0.15, -0.1) is 0 Å². The standard InChI is InChI=1S/C23H27F2N5O2S/c1-13-10-14(24)12-27-19(13)17(31)11-15-7-8-16(25)20(29-15)23(4)18-6-5-9-28-33(18,32)22(2,3)21(26)30-23/h7-8,10,12,18H,5-6,9,11H2,1-4H3,(H2,26,30)/t18-,23+,33-/m1/s1. The minimum absolute atomic E-state index is 0.00939. The molecule has 0 saturated heterocycles. The summed E-state index contributed by atoms with van der Waals surface area (Å²) in [5, 5.41) is -0.574. The number of aromatic nitrogens is 2. The predicted molar refractivity (Wildman–Crippen MR) is 123 cm³/mol. The maximum atomic E-state index is 15.1. The molecule has 2 N–H and O–H groups in total. The van der Waals surface area contributed by atoms with E-state index in [-0.39, 0.29) is 29.4 Å². The van der Waals surface area contributed by atoms with Crippen LogP contribution < -0.4 is 5.73 Å². The molecule has 176 valence electrons. The second kappa shape index (κ2) is 7.93. The van der Waals surface area contributed by atoms with Crippen LogP contribution in [-0.4, -0.2) is 42.3 Å². The summed E-state index contributed by atoms with van der Waals surface area (Å²) in [6.07, 6.45) is 2.08. The van der Waals surface area contributed by atoms with Crippen molar-refractivity contribution in [1.29, 1.82) is 0 Å². The van der Waals surface area contributed by atoms with E-state index in [1.54, 1.807) is 27.7 Å². The summed E-state index contributed by atoms with van der Waals surface area (Å²) in [6.45, 7) is 7.25. The summed E-state index contributed by atoms with van der Waals surface area (Å²) in [4.78, 5) is 25.8. The molecule has 2 aromatic heterocycles. The smallest absolute Gasteiger partial charge is 0.187 e. The zero-order valence-electron chi connectivity index (χ0n) is 19.1. The zero-order valence-corrected chi connectivity index (χ0v) is 19.9. The summed E-state index contributed by atoms with van der Waals surface area (Å²) in [5.41, 5.74) is 5.80. The Hall–Kier alpha value is -2.75. The normalized spacial score (nSPS) is 28.4. The summed E-state index contributed by atoms with van der Waals surface area (Å²) >= 11 is 0. The number of aryl methyl sites for hydroxylation is 1. The van der Waals surface area contributed by atoms with Crippen LogP contribution >= 0.6 is 0 Å². The molecule has 0 radical (unpaired) electrons. The molecular weight excluding hydrogens is 448 g/mol. The largest absolute Gasteiger partial charge is 0.386 e. The Morgan fingerprint density at radius 2 is 2.00 bits per heavy atom. The van der Waals surface area contributed by atoms with Gasteiger partial charge in [0.1, 0.15) is 39.1 Å². The molecule has 10 heteroatoms. The van der Waals surface area contributed by atoms with Crippen LogP contribution in [0.4, 0.5) is 8.78 Å². The van der Waals surface area contributed by atoms with E-state index < -0.39 is 36.9 Å². The third-order valence-corrected chi connectivity index (χ3v) is 10.4. The lowest BCUT2D eigenvalue weighted by molar-refractivity contribution is 0.0986. The van der Waals surface area contributed by atoms with Crippen LogP contribution in [-0.2, 0) is 21.7 Å². The number of aliphatic imine (C=N–C) groups is 1. The monoisotopic (exact) mass is 475 g/mol. The van der Waals surface area contributed by atoms with Crippen molar-refractivity contribution >= 4 is 21.3 Å². The second-order valence-corrected chi connectivity index (χ2v) is 12.2. The Kier molecular flexibility index (Phi) is 5.63. The van der Waals surface area contributed by atoms with Crippen LogP contribution in [0.3, 0.4) is 0 Å². The summed E-state index contributed by atoms with van der Waals surface area (Å²) in [5.74, 6) is -1.37. The van der Waals surface area contributed by atoms with Crippen molar-refractivity contribution in [2.45, 2.75) is 62.5 Å². The van der Waals surface area contributed by atoms with Gasteiger partial charge in [0.25, 0.3) is 0 Å². The first-order valence-corrected chi connectivity index (χ1v) is 12.4. The van der Waals surface area contributed by atoms with Crippen molar-refractivity contribution in [3.8, 4) is 0 Å². The highest BCUT2D eigenvalue weighted by molar-refractivity contribution is 7.96. The van der Waals surface area contributed by atoms with Gasteiger partial charge in [-0.05, 0) is 64.3 Å². The number of Topliss-reactive ketones (excluding diaryl/α,β-unsaturated/α-hetero) is 1. The minimum atomic E-state index is -2.87. The molecular formula is C23H27F2N5O2S. The van der Waals surface area contributed by atoms with Gasteiger partial charge in [-0.1, -0.05) is 0 Å². The number of ketones is 1. The molecule has 4 rings (SSSR count). The molecule has 0 aliphatic carbocycles. The first kappa shape index (κ1) is 23.4. The average molecular weight is 476 g/mol. The van der Waals surface area contributed by atoms with Gasteiger partial charge in [0, 0.05) is 12.2 Å². The minimum Gasteiger partial charge on any atom is -0.386 e. The number of carbonyl (C=O) groups excluding carboxylic acids is 1. The lowest BCUT2D eigenvalue weighted by Crippen LogP contribution is -2.60. The molecule has 0 saturated carbocycles. The molecule has 2 aromatic rings. The van der Waals surface area contributed by atoms with Crippen molar-refractivity contribution in [2.75, 3.05) is 6.54 Å². The van der Waals surface area contributed by atoms with Gasteiger partial charge in [0.2, 0.25) is 0 Å². The van der Waals surface area contributed by atoms with Crippen molar-refractivity contribution in [2.24, 2.45) is 15.1 Å². The van der Waals surface area contributed by atoms with Crippen molar-refractivity contribution in [1.82, 2.24) is 9.97 Å².